The van der Waals surface area contributed by atoms with E-state index < -0.39 is 26.9 Å². The lowest BCUT2D eigenvalue weighted by molar-refractivity contribution is 0.0904. The molecule has 0 bridgehead atoms. The lowest BCUT2D eigenvalue weighted by Gasteiger charge is -2.30. The molecule has 5 rings (SSSR count). The normalized spacial score (nSPS) is 22.6. The average molecular weight is 539 g/mol. The van der Waals surface area contributed by atoms with Crippen LogP contribution in [0.5, 0.6) is 0 Å². The number of anilines is 3. The predicted molar refractivity (Wildman–Crippen MR) is 133 cm³/mol. The Bertz CT molecular complexity index is 1320. The summed E-state index contributed by atoms with van der Waals surface area (Å²) in [6.07, 6.45) is 6.08. The van der Waals surface area contributed by atoms with Gasteiger partial charge in [-0.15, -0.1) is 0 Å². The number of halogens is 3. The summed E-state index contributed by atoms with van der Waals surface area (Å²) in [4.78, 5) is 12.4. The van der Waals surface area contributed by atoms with Crippen LogP contribution in [0, 0.1) is 0 Å². The van der Waals surface area contributed by atoms with Crippen molar-refractivity contribution in [2.75, 3.05) is 28.6 Å². The third kappa shape index (κ3) is 5.30. The molecule has 0 amide bonds. The van der Waals surface area contributed by atoms with Crippen LogP contribution in [-0.4, -0.2) is 48.8 Å². The summed E-state index contributed by atoms with van der Waals surface area (Å²) in [5.74, 6) is -0.436. The Morgan fingerprint density at radius 3 is 2.75 bits per heavy atom. The van der Waals surface area contributed by atoms with Crippen molar-refractivity contribution in [2.24, 2.45) is 0 Å². The van der Waals surface area contributed by atoms with E-state index in [2.05, 4.69) is 30.3 Å². The van der Waals surface area contributed by atoms with Gasteiger partial charge in [0.25, 0.3) is 10.0 Å². The number of aryl methyl sites for hydroxylation is 1. The average Bonchev–Trinajstić information content (AvgIpc) is 2.85. The summed E-state index contributed by atoms with van der Waals surface area (Å²) in [6, 6.07) is 1.59. The minimum Gasteiger partial charge on any atom is -0.381 e. The topological polar surface area (TPSA) is 118 Å². The van der Waals surface area contributed by atoms with Crippen molar-refractivity contribution < 1.29 is 21.9 Å². The maximum Gasteiger partial charge on any atom is 0.264 e. The molecule has 3 aliphatic rings. The molecule has 0 radical (unpaired) electrons. The quantitative estimate of drug-likeness (QED) is 0.462. The zero-order chi connectivity index (χ0) is 25.3. The maximum atomic E-state index is 14.2. The first kappa shape index (κ1) is 24.8. The van der Waals surface area contributed by atoms with Gasteiger partial charge in [-0.05, 0) is 43.4 Å². The Morgan fingerprint density at radius 1 is 1.17 bits per heavy atom. The second kappa shape index (κ2) is 10.3. The smallest absolute Gasteiger partial charge is 0.264 e. The molecule has 9 nitrogen and oxygen atoms in total. The number of rotatable bonds is 6. The number of ether oxygens (including phenoxy) is 1. The van der Waals surface area contributed by atoms with Crippen LogP contribution in [-0.2, 0) is 21.2 Å². The highest BCUT2D eigenvalue weighted by molar-refractivity contribution is 7.96. The van der Waals surface area contributed by atoms with Gasteiger partial charge in [0.1, 0.15) is 23.2 Å². The van der Waals surface area contributed by atoms with Gasteiger partial charge in [0.05, 0.1) is 23.1 Å². The molecule has 2 unspecified atom stereocenters. The number of hydrogen-bond donors (Lipinski definition) is 3. The van der Waals surface area contributed by atoms with E-state index >= 15 is 0 Å². The van der Waals surface area contributed by atoms with Crippen molar-refractivity contribution in [1.82, 2.24) is 15.0 Å². The van der Waals surface area contributed by atoms with Gasteiger partial charge in [-0.25, -0.2) is 32.2 Å². The molecule has 3 N–H and O–H groups in total. The molecule has 0 aromatic carbocycles. The second-order valence-corrected chi connectivity index (χ2v) is 10.9. The molecule has 2 aromatic heterocycles. The minimum absolute atomic E-state index is 0.00250. The number of sulfonamides is 1. The van der Waals surface area contributed by atoms with Crippen LogP contribution in [0.3, 0.4) is 0 Å². The molecule has 0 saturated carbocycles. The molecule has 2 aliphatic heterocycles. The highest BCUT2D eigenvalue weighted by Gasteiger charge is 2.29. The van der Waals surface area contributed by atoms with E-state index in [1.54, 1.807) is 12.3 Å². The highest BCUT2D eigenvalue weighted by atomic mass is 35.5. The Morgan fingerprint density at radius 2 is 1.97 bits per heavy atom. The van der Waals surface area contributed by atoms with Crippen LogP contribution in [0.1, 0.15) is 43.0 Å². The molecule has 36 heavy (non-hydrogen) atoms. The largest absolute Gasteiger partial charge is 0.381 e. The number of aromatic nitrogens is 3. The van der Waals surface area contributed by atoms with E-state index in [0.717, 1.165) is 30.3 Å². The fourth-order valence-corrected chi connectivity index (χ4v) is 5.88. The third-order valence-corrected chi connectivity index (χ3v) is 8.09. The zero-order valence-electron chi connectivity index (χ0n) is 19.2. The number of allylic oxidation sites excluding steroid dienone is 3. The molecular weight excluding hydrogens is 514 g/mol. The fraction of sp³-hybridized carbons (Fsp3) is 0.435. The highest BCUT2D eigenvalue weighted by Crippen LogP contribution is 2.37. The van der Waals surface area contributed by atoms with Crippen LogP contribution >= 0.6 is 11.6 Å². The van der Waals surface area contributed by atoms with Gasteiger partial charge in [-0.2, -0.15) is 0 Å². The van der Waals surface area contributed by atoms with Crippen molar-refractivity contribution in [1.29, 1.82) is 0 Å². The summed E-state index contributed by atoms with van der Waals surface area (Å²) >= 11 is 6.17. The molecule has 1 saturated heterocycles. The maximum absolute atomic E-state index is 14.2. The summed E-state index contributed by atoms with van der Waals surface area (Å²) in [6.45, 7) is 1.39. The molecule has 13 heteroatoms. The van der Waals surface area contributed by atoms with Gasteiger partial charge < -0.3 is 15.4 Å². The lowest BCUT2D eigenvalue weighted by atomic mass is 9.97. The van der Waals surface area contributed by atoms with Crippen molar-refractivity contribution in [2.45, 2.75) is 50.4 Å². The molecule has 2 atom stereocenters. The molecule has 2 aromatic rings. The molecular formula is C23H25ClF2N6O3S. The molecule has 4 heterocycles. The summed E-state index contributed by atoms with van der Waals surface area (Å²) < 4.78 is 60.8. The number of pyridine rings is 1. The zero-order valence-corrected chi connectivity index (χ0v) is 20.7. The molecule has 192 valence electrons. The molecule has 1 fully saturated rings. The molecule has 0 spiro atoms. The van der Waals surface area contributed by atoms with Crippen LogP contribution in [0.2, 0.25) is 5.15 Å². The number of hydrogen-bond acceptors (Lipinski definition) is 8. The predicted octanol–water partition coefficient (Wildman–Crippen LogP) is 4.44. The monoisotopic (exact) mass is 538 g/mol. The van der Waals surface area contributed by atoms with Gasteiger partial charge in [0.2, 0.25) is 0 Å². The summed E-state index contributed by atoms with van der Waals surface area (Å²) in [5, 5.41) is 6.85. The van der Waals surface area contributed by atoms with Crippen LogP contribution < -0.4 is 15.4 Å². The standard InChI is InChI=1S/C23H25ClF2N6O3S/c24-22-19(32-36(33,34)20-4-1-14(25)10-16(20)26)9-13(11-27-22)17-2-3-18-21(31-17)23(29-12-28-18)30-15-5-7-35-8-6-15/h4,9-12,14-15,17,31-32H,1-3,5-8H2,(H,28,29,30). The first-order valence-electron chi connectivity index (χ1n) is 11.6. The van der Waals surface area contributed by atoms with E-state index in [1.165, 1.54) is 6.33 Å². The minimum atomic E-state index is -4.33. The third-order valence-electron chi connectivity index (χ3n) is 6.36. The summed E-state index contributed by atoms with van der Waals surface area (Å²) in [7, 11) is -4.33. The van der Waals surface area contributed by atoms with Gasteiger partial charge in [0, 0.05) is 31.9 Å². The first-order valence-corrected chi connectivity index (χ1v) is 13.5. The van der Waals surface area contributed by atoms with Crippen molar-refractivity contribution in [3.63, 3.8) is 0 Å². The van der Waals surface area contributed by atoms with Crippen LogP contribution in [0.15, 0.2) is 41.5 Å². The first-order chi connectivity index (χ1) is 17.3. The van der Waals surface area contributed by atoms with Gasteiger partial charge in [-0.1, -0.05) is 17.7 Å². The fourth-order valence-electron chi connectivity index (χ4n) is 4.48. The lowest BCUT2D eigenvalue weighted by Crippen LogP contribution is -2.30. The number of alkyl halides is 1. The number of fused-ring (bicyclic) bond motifs is 1. The Hall–Kier alpha value is -2.83. The van der Waals surface area contributed by atoms with E-state index in [-0.39, 0.29) is 29.3 Å². The van der Waals surface area contributed by atoms with E-state index in [9.17, 15) is 17.2 Å². The van der Waals surface area contributed by atoms with E-state index in [4.69, 9.17) is 16.3 Å². The van der Waals surface area contributed by atoms with Crippen LogP contribution in [0.25, 0.3) is 0 Å². The van der Waals surface area contributed by atoms with Crippen molar-refractivity contribution in [3.05, 3.63) is 57.9 Å². The summed E-state index contributed by atoms with van der Waals surface area (Å²) in [5.41, 5.74) is 2.36. The van der Waals surface area contributed by atoms with Crippen LogP contribution in [0.4, 0.5) is 26.0 Å². The molecule has 1 aliphatic carbocycles. The Kier molecular flexibility index (Phi) is 7.09. The van der Waals surface area contributed by atoms with Gasteiger partial charge in [-0.3, -0.25) is 4.72 Å². The Balaban J connectivity index is 1.37. The van der Waals surface area contributed by atoms with Crippen molar-refractivity contribution in [3.8, 4) is 0 Å². The van der Waals surface area contributed by atoms with Gasteiger partial charge >= 0.3 is 0 Å². The van der Waals surface area contributed by atoms with Gasteiger partial charge in [0.15, 0.2) is 11.0 Å². The number of nitrogens with zero attached hydrogens (tertiary/aromatic N) is 3. The van der Waals surface area contributed by atoms with Crippen molar-refractivity contribution >= 4 is 38.8 Å². The number of nitrogens with one attached hydrogen (secondary N) is 3. The second-order valence-electron chi connectivity index (χ2n) is 8.86. The Labute approximate surface area is 212 Å². The van der Waals surface area contributed by atoms with E-state index in [1.807, 2.05) is 0 Å². The van der Waals surface area contributed by atoms with E-state index in [0.29, 0.717) is 43.5 Å². The SMILES string of the molecule is O=S(=O)(Nc1cc(C2CCc3ncnc(NC4CCOCC4)c3N2)cnc1Cl)C1=CCC(F)C=C1F.